The predicted molar refractivity (Wildman–Crippen MR) is 131 cm³/mol. The molecular weight excluding hydrogens is 513 g/mol. The summed E-state index contributed by atoms with van der Waals surface area (Å²) in [5, 5.41) is 5.36. The summed E-state index contributed by atoms with van der Waals surface area (Å²) in [6.45, 7) is -0.748. The summed E-state index contributed by atoms with van der Waals surface area (Å²) in [4.78, 5) is 35.8. The second-order valence-corrected chi connectivity index (χ2v) is 8.17. The average molecular weight is 535 g/mol. The lowest BCUT2D eigenvalue weighted by molar-refractivity contribution is -0.147. The van der Waals surface area contributed by atoms with Gasteiger partial charge in [-0.25, -0.2) is 0 Å². The molecule has 2 amide bonds. The topological polar surface area (TPSA) is 93.7 Å². The minimum absolute atomic E-state index is 0.0171. The number of carbonyl (C=O) groups excluding carboxylic acids is 3. The van der Waals surface area contributed by atoms with E-state index in [1.165, 1.54) is 12.1 Å². The Morgan fingerprint density at radius 2 is 1.41 bits per heavy atom. The van der Waals surface area contributed by atoms with Crippen LogP contribution in [0.25, 0.3) is 0 Å². The predicted octanol–water partition coefficient (Wildman–Crippen LogP) is 6.44. The molecule has 11 heteroatoms. The molecule has 0 unspecified atom stereocenters. The van der Waals surface area contributed by atoms with Crippen molar-refractivity contribution in [3.8, 4) is 11.5 Å². The lowest BCUT2D eigenvalue weighted by Gasteiger charge is -2.13. The lowest BCUT2D eigenvalue weighted by Crippen LogP contribution is -2.22. The van der Waals surface area contributed by atoms with Gasteiger partial charge in [-0.15, -0.1) is 0 Å². The molecule has 194 valence electrons. The van der Waals surface area contributed by atoms with Gasteiger partial charge in [0.2, 0.25) is 5.91 Å². The van der Waals surface area contributed by atoms with Crippen LogP contribution in [0.4, 0.5) is 24.5 Å². The first-order valence-corrected chi connectivity index (χ1v) is 11.4. The molecule has 7 nitrogen and oxygen atoms in total. The van der Waals surface area contributed by atoms with E-state index in [1.807, 2.05) is 0 Å². The van der Waals surface area contributed by atoms with Crippen molar-refractivity contribution < 1.29 is 37.0 Å². The summed E-state index contributed by atoms with van der Waals surface area (Å²) < 4.78 is 49.4. The average Bonchev–Trinajstić information content (AvgIpc) is 2.85. The molecule has 0 aromatic heterocycles. The highest BCUT2D eigenvalue weighted by Crippen LogP contribution is 2.34. The second-order valence-electron chi connectivity index (χ2n) is 7.73. The van der Waals surface area contributed by atoms with Crippen molar-refractivity contribution >= 4 is 40.8 Å². The van der Waals surface area contributed by atoms with Gasteiger partial charge in [-0.3, -0.25) is 14.4 Å². The SMILES string of the molecule is O=C(CCCC(=O)OCC(=O)Nc1ccccc1C(F)(F)F)Nc1ccc(Oc2ccc(Cl)cc2)cc1. The number of amides is 2. The van der Waals surface area contributed by atoms with Gasteiger partial charge < -0.3 is 20.1 Å². The first-order chi connectivity index (χ1) is 17.6. The third-order valence-electron chi connectivity index (χ3n) is 4.84. The Kier molecular flexibility index (Phi) is 9.51. The maximum atomic E-state index is 13.0. The zero-order chi connectivity index (χ0) is 26.8. The molecule has 0 atom stereocenters. The fraction of sp³-hybridized carbons (Fsp3) is 0.192. The molecule has 37 heavy (non-hydrogen) atoms. The largest absolute Gasteiger partial charge is 0.457 e. The van der Waals surface area contributed by atoms with E-state index in [2.05, 4.69) is 10.6 Å². The number of esters is 1. The van der Waals surface area contributed by atoms with Crippen LogP contribution in [0.3, 0.4) is 0 Å². The maximum absolute atomic E-state index is 13.0. The number of ether oxygens (including phenoxy) is 2. The van der Waals surface area contributed by atoms with Crippen molar-refractivity contribution in [3.05, 3.63) is 83.4 Å². The molecule has 3 rings (SSSR count). The fourth-order valence-corrected chi connectivity index (χ4v) is 3.23. The summed E-state index contributed by atoms with van der Waals surface area (Å²) in [6.07, 6.45) is -4.62. The molecule has 0 spiro atoms. The third kappa shape index (κ3) is 9.16. The van der Waals surface area contributed by atoms with E-state index in [9.17, 15) is 27.6 Å². The molecule has 3 aromatic carbocycles. The van der Waals surface area contributed by atoms with Crippen LogP contribution in [0.15, 0.2) is 72.8 Å². The van der Waals surface area contributed by atoms with Crippen molar-refractivity contribution in [2.45, 2.75) is 25.4 Å². The summed E-state index contributed by atoms with van der Waals surface area (Å²) in [7, 11) is 0. The van der Waals surface area contributed by atoms with Crippen LogP contribution < -0.4 is 15.4 Å². The minimum atomic E-state index is -4.64. The number of halogens is 4. The number of benzene rings is 3. The molecule has 0 saturated carbocycles. The van der Waals surface area contributed by atoms with Gasteiger partial charge >= 0.3 is 12.1 Å². The Morgan fingerprint density at radius 3 is 2.05 bits per heavy atom. The van der Waals surface area contributed by atoms with Crippen molar-refractivity contribution in [1.82, 2.24) is 0 Å². The van der Waals surface area contributed by atoms with Crippen molar-refractivity contribution in [2.75, 3.05) is 17.2 Å². The number of hydrogen-bond donors (Lipinski definition) is 2. The van der Waals surface area contributed by atoms with E-state index in [1.54, 1.807) is 48.5 Å². The van der Waals surface area contributed by atoms with Crippen molar-refractivity contribution in [2.24, 2.45) is 0 Å². The van der Waals surface area contributed by atoms with Crippen LogP contribution in [0.5, 0.6) is 11.5 Å². The van der Waals surface area contributed by atoms with Crippen molar-refractivity contribution in [3.63, 3.8) is 0 Å². The molecule has 0 saturated heterocycles. The summed E-state index contributed by atoms with van der Waals surface area (Å²) in [5.74, 6) is -0.826. The molecule has 0 aliphatic heterocycles. The molecule has 3 aromatic rings. The van der Waals surface area contributed by atoms with E-state index in [0.29, 0.717) is 22.2 Å². The molecule has 0 heterocycles. The zero-order valence-electron chi connectivity index (χ0n) is 19.3. The summed E-state index contributed by atoms with van der Waals surface area (Å²) >= 11 is 5.84. The lowest BCUT2D eigenvalue weighted by atomic mass is 10.1. The second kappa shape index (κ2) is 12.8. The van der Waals surface area contributed by atoms with Crippen LogP contribution in [0.2, 0.25) is 5.02 Å². The van der Waals surface area contributed by atoms with Gasteiger partial charge in [0.1, 0.15) is 11.5 Å². The Balaban J connectivity index is 1.35. The van der Waals surface area contributed by atoms with Crippen LogP contribution in [0, 0.1) is 0 Å². The minimum Gasteiger partial charge on any atom is -0.457 e. The standard InChI is InChI=1S/C26H22ClF3N2O5/c27-17-8-12-19(13-9-17)37-20-14-10-18(11-15-20)31-23(33)6-3-7-25(35)36-16-24(34)32-22-5-2-1-4-21(22)26(28,29)30/h1-2,4-5,8-15H,3,6-7,16H2,(H,31,33)(H,32,34). The summed E-state index contributed by atoms with van der Waals surface area (Å²) in [6, 6.07) is 18.0. The van der Waals surface area contributed by atoms with Gasteiger partial charge in [-0.2, -0.15) is 13.2 Å². The Morgan fingerprint density at radius 1 is 0.784 bits per heavy atom. The Bertz CT molecular complexity index is 1230. The van der Waals surface area contributed by atoms with E-state index in [4.69, 9.17) is 21.1 Å². The molecular formula is C26H22ClF3N2O5. The molecule has 0 aliphatic carbocycles. The number of alkyl halides is 3. The molecule has 0 aliphatic rings. The molecule has 0 fully saturated rings. The number of hydrogen-bond acceptors (Lipinski definition) is 5. The number of rotatable bonds is 10. The Labute approximate surface area is 215 Å². The number of anilines is 2. The smallest absolute Gasteiger partial charge is 0.418 e. The van der Waals surface area contributed by atoms with E-state index >= 15 is 0 Å². The van der Waals surface area contributed by atoms with Crippen LogP contribution in [-0.2, 0) is 25.3 Å². The normalized spacial score (nSPS) is 10.9. The van der Waals surface area contributed by atoms with Crippen LogP contribution in [-0.4, -0.2) is 24.4 Å². The first kappa shape index (κ1) is 27.5. The highest BCUT2D eigenvalue weighted by Gasteiger charge is 2.33. The van der Waals surface area contributed by atoms with Crippen LogP contribution in [0.1, 0.15) is 24.8 Å². The molecule has 0 bridgehead atoms. The highest BCUT2D eigenvalue weighted by atomic mass is 35.5. The van der Waals surface area contributed by atoms with Gasteiger partial charge in [0.15, 0.2) is 6.61 Å². The van der Waals surface area contributed by atoms with E-state index < -0.39 is 35.9 Å². The van der Waals surface area contributed by atoms with Gasteiger partial charge in [0.05, 0.1) is 11.3 Å². The maximum Gasteiger partial charge on any atom is 0.418 e. The number of nitrogens with one attached hydrogen (secondary N) is 2. The monoisotopic (exact) mass is 534 g/mol. The quantitative estimate of drug-likeness (QED) is 0.292. The number of para-hydroxylation sites is 1. The molecule has 0 radical (unpaired) electrons. The van der Waals surface area contributed by atoms with Gasteiger partial charge in [-0.1, -0.05) is 23.7 Å². The fourth-order valence-electron chi connectivity index (χ4n) is 3.11. The van der Waals surface area contributed by atoms with Gasteiger partial charge in [-0.05, 0) is 67.1 Å². The van der Waals surface area contributed by atoms with E-state index in [-0.39, 0.29) is 25.2 Å². The highest BCUT2D eigenvalue weighted by molar-refractivity contribution is 6.30. The third-order valence-corrected chi connectivity index (χ3v) is 5.09. The first-order valence-electron chi connectivity index (χ1n) is 11.1. The van der Waals surface area contributed by atoms with E-state index in [0.717, 1.165) is 12.1 Å². The number of carbonyl (C=O) groups is 3. The van der Waals surface area contributed by atoms with Gasteiger partial charge in [0.25, 0.3) is 5.91 Å². The van der Waals surface area contributed by atoms with Crippen molar-refractivity contribution in [1.29, 1.82) is 0 Å². The Hall–Kier alpha value is -4.05. The van der Waals surface area contributed by atoms with Gasteiger partial charge in [0, 0.05) is 23.6 Å². The summed E-state index contributed by atoms with van der Waals surface area (Å²) in [5.41, 5.74) is -0.909. The zero-order valence-corrected chi connectivity index (χ0v) is 20.1. The van der Waals surface area contributed by atoms with Crippen LogP contribution >= 0.6 is 11.6 Å². The molecule has 2 N–H and O–H groups in total.